The first-order valence-corrected chi connectivity index (χ1v) is 6.78. The highest BCUT2D eigenvalue weighted by Gasteiger charge is 2.52. The van der Waals surface area contributed by atoms with E-state index in [4.69, 9.17) is 17.0 Å². The molecular formula is C12H11BrN2O2S. The number of nitrogens with one attached hydrogen (secondary N) is 1. The molecule has 0 saturated carbocycles. The fourth-order valence-corrected chi connectivity index (χ4v) is 3.08. The monoisotopic (exact) mass is 326 g/mol. The Morgan fingerprint density at radius 3 is 3.00 bits per heavy atom. The van der Waals surface area contributed by atoms with Gasteiger partial charge >= 0.3 is 0 Å². The molecule has 1 saturated heterocycles. The van der Waals surface area contributed by atoms with E-state index >= 15 is 0 Å². The Kier molecular flexibility index (Phi) is 2.60. The smallest absolute Gasteiger partial charge is 0.259 e. The van der Waals surface area contributed by atoms with Crippen LogP contribution in [0.25, 0.3) is 0 Å². The second kappa shape index (κ2) is 3.93. The number of ether oxygens (including phenoxy) is 1. The second-order valence-corrected chi connectivity index (χ2v) is 5.74. The summed E-state index contributed by atoms with van der Waals surface area (Å²) in [4.78, 5) is 14.0. The molecule has 94 valence electrons. The summed E-state index contributed by atoms with van der Waals surface area (Å²) in [6.45, 7) is 0.504. The molecule has 2 heterocycles. The largest absolute Gasteiger partial charge is 0.493 e. The van der Waals surface area contributed by atoms with Gasteiger partial charge in [-0.2, -0.15) is 0 Å². The van der Waals surface area contributed by atoms with Crippen LogP contribution in [0.5, 0.6) is 5.75 Å². The van der Waals surface area contributed by atoms with Gasteiger partial charge in [-0.25, -0.2) is 0 Å². The van der Waals surface area contributed by atoms with E-state index in [1.54, 1.807) is 7.05 Å². The maximum atomic E-state index is 12.5. The van der Waals surface area contributed by atoms with E-state index in [0.717, 1.165) is 15.8 Å². The van der Waals surface area contributed by atoms with E-state index in [1.165, 1.54) is 4.90 Å². The zero-order chi connectivity index (χ0) is 12.9. The Bertz CT molecular complexity index is 563. The van der Waals surface area contributed by atoms with Crippen molar-refractivity contribution in [3.05, 3.63) is 28.2 Å². The molecular weight excluding hydrogens is 316 g/mol. The lowest BCUT2D eigenvalue weighted by molar-refractivity contribution is -0.131. The van der Waals surface area contributed by atoms with Crippen molar-refractivity contribution in [2.75, 3.05) is 13.7 Å². The van der Waals surface area contributed by atoms with Crippen LogP contribution >= 0.6 is 28.1 Å². The molecule has 2 aliphatic rings. The number of likely N-dealkylation sites (N-methyl/N-ethyl adjacent to an activating group) is 1. The molecule has 4 nitrogen and oxygen atoms in total. The van der Waals surface area contributed by atoms with Crippen molar-refractivity contribution in [1.29, 1.82) is 0 Å². The Hall–Kier alpha value is -1.14. The van der Waals surface area contributed by atoms with Gasteiger partial charge in [-0.3, -0.25) is 9.69 Å². The van der Waals surface area contributed by atoms with Gasteiger partial charge in [-0.15, -0.1) is 0 Å². The molecule has 0 aromatic heterocycles. The van der Waals surface area contributed by atoms with Gasteiger partial charge in [-0.1, -0.05) is 15.9 Å². The van der Waals surface area contributed by atoms with E-state index in [9.17, 15) is 4.79 Å². The second-order valence-electron chi connectivity index (χ2n) is 4.44. The molecule has 1 atom stereocenters. The van der Waals surface area contributed by atoms with Crippen LogP contribution in [0, 0.1) is 0 Å². The summed E-state index contributed by atoms with van der Waals surface area (Å²) in [5, 5.41) is 3.62. The summed E-state index contributed by atoms with van der Waals surface area (Å²) in [5.74, 6) is 0.721. The topological polar surface area (TPSA) is 41.6 Å². The molecule has 1 aromatic carbocycles. The minimum atomic E-state index is -0.761. The van der Waals surface area contributed by atoms with Crippen molar-refractivity contribution in [1.82, 2.24) is 10.2 Å². The highest BCUT2D eigenvalue weighted by molar-refractivity contribution is 9.10. The third-order valence-electron chi connectivity index (χ3n) is 3.43. The number of hydrogen-bond donors (Lipinski definition) is 1. The van der Waals surface area contributed by atoms with Crippen LogP contribution in [0.4, 0.5) is 0 Å². The molecule has 1 aromatic rings. The van der Waals surface area contributed by atoms with Crippen molar-refractivity contribution in [3.8, 4) is 5.75 Å². The average Bonchev–Trinajstić information content (AvgIpc) is 2.56. The van der Waals surface area contributed by atoms with Gasteiger partial charge in [0.2, 0.25) is 0 Å². The van der Waals surface area contributed by atoms with E-state index in [0.29, 0.717) is 18.1 Å². The van der Waals surface area contributed by atoms with Gasteiger partial charge in [0.1, 0.15) is 5.75 Å². The zero-order valence-electron chi connectivity index (χ0n) is 9.70. The van der Waals surface area contributed by atoms with Crippen LogP contribution in [0.1, 0.15) is 12.0 Å². The lowest BCUT2D eigenvalue weighted by Crippen LogP contribution is -2.47. The molecule has 0 aliphatic carbocycles. The summed E-state index contributed by atoms with van der Waals surface area (Å²) in [6, 6.07) is 5.69. The molecule has 3 rings (SSSR count). The molecule has 1 fully saturated rings. The number of amides is 1. The average molecular weight is 327 g/mol. The summed E-state index contributed by atoms with van der Waals surface area (Å²) in [5.41, 5.74) is 0.0863. The standard InChI is InChI=1S/C12H11BrN2O2S/c1-15-10(16)12(14-11(15)18)4-5-17-9-3-2-7(13)6-8(9)12/h2-3,6H,4-5H2,1H3,(H,14,18). The fourth-order valence-electron chi connectivity index (χ4n) is 2.46. The predicted octanol–water partition coefficient (Wildman–Crippen LogP) is 1.77. The summed E-state index contributed by atoms with van der Waals surface area (Å²) >= 11 is 8.61. The van der Waals surface area contributed by atoms with Gasteiger partial charge in [0.05, 0.1) is 6.61 Å². The summed E-state index contributed by atoms with van der Waals surface area (Å²) < 4.78 is 6.53. The molecule has 18 heavy (non-hydrogen) atoms. The third-order valence-corrected chi connectivity index (χ3v) is 4.30. The minimum Gasteiger partial charge on any atom is -0.493 e. The first-order chi connectivity index (χ1) is 8.54. The maximum Gasteiger partial charge on any atom is 0.259 e. The number of rotatable bonds is 0. The van der Waals surface area contributed by atoms with Crippen molar-refractivity contribution in [3.63, 3.8) is 0 Å². The third kappa shape index (κ3) is 1.48. The number of carbonyl (C=O) groups is 1. The van der Waals surface area contributed by atoms with E-state index in [2.05, 4.69) is 21.2 Å². The van der Waals surface area contributed by atoms with Crippen LogP contribution in [0.15, 0.2) is 22.7 Å². The molecule has 0 radical (unpaired) electrons. The fraction of sp³-hybridized carbons (Fsp3) is 0.333. The number of fused-ring (bicyclic) bond motifs is 2. The number of carbonyl (C=O) groups excluding carboxylic acids is 1. The maximum absolute atomic E-state index is 12.5. The predicted molar refractivity (Wildman–Crippen MR) is 74.4 cm³/mol. The number of halogens is 1. The van der Waals surface area contributed by atoms with Gasteiger partial charge in [0.15, 0.2) is 10.7 Å². The number of nitrogens with zero attached hydrogens (tertiary/aromatic N) is 1. The first kappa shape index (κ1) is 11.9. The molecule has 1 spiro atoms. The lowest BCUT2D eigenvalue weighted by atomic mass is 9.84. The van der Waals surface area contributed by atoms with Gasteiger partial charge in [0, 0.05) is 23.5 Å². The molecule has 2 aliphatic heterocycles. The number of thiocarbonyl (C=S) groups is 1. The van der Waals surface area contributed by atoms with Crippen LogP contribution < -0.4 is 10.1 Å². The van der Waals surface area contributed by atoms with Crippen LogP contribution in [-0.2, 0) is 10.3 Å². The Morgan fingerprint density at radius 1 is 1.56 bits per heavy atom. The molecule has 0 bridgehead atoms. The quantitative estimate of drug-likeness (QED) is 0.738. The van der Waals surface area contributed by atoms with Crippen molar-refractivity contribution in [2.24, 2.45) is 0 Å². The van der Waals surface area contributed by atoms with Crippen molar-refractivity contribution < 1.29 is 9.53 Å². The summed E-state index contributed by atoms with van der Waals surface area (Å²) in [7, 11) is 1.69. The highest BCUT2D eigenvalue weighted by atomic mass is 79.9. The Balaban J connectivity index is 2.19. The van der Waals surface area contributed by atoms with Crippen molar-refractivity contribution >= 4 is 39.2 Å². The van der Waals surface area contributed by atoms with E-state index in [-0.39, 0.29) is 5.91 Å². The highest BCUT2D eigenvalue weighted by Crippen LogP contribution is 2.41. The summed E-state index contributed by atoms with van der Waals surface area (Å²) in [6.07, 6.45) is 0.583. The van der Waals surface area contributed by atoms with Gasteiger partial charge < -0.3 is 10.1 Å². The lowest BCUT2D eigenvalue weighted by Gasteiger charge is -2.33. The van der Waals surface area contributed by atoms with Crippen molar-refractivity contribution in [2.45, 2.75) is 12.0 Å². The zero-order valence-corrected chi connectivity index (χ0v) is 12.1. The molecule has 1 unspecified atom stereocenters. The Labute approximate surface area is 118 Å². The van der Waals surface area contributed by atoms with Crippen LogP contribution in [-0.4, -0.2) is 29.6 Å². The van der Waals surface area contributed by atoms with E-state index < -0.39 is 5.54 Å². The molecule has 1 amide bonds. The van der Waals surface area contributed by atoms with Crippen LogP contribution in [0.2, 0.25) is 0 Å². The Morgan fingerprint density at radius 2 is 2.33 bits per heavy atom. The number of benzene rings is 1. The number of hydrogen-bond acceptors (Lipinski definition) is 3. The minimum absolute atomic E-state index is 0.0184. The normalized spacial score (nSPS) is 26.0. The van der Waals surface area contributed by atoms with E-state index in [1.807, 2.05) is 18.2 Å². The first-order valence-electron chi connectivity index (χ1n) is 5.58. The molecule has 1 N–H and O–H groups in total. The van der Waals surface area contributed by atoms with Crippen LogP contribution in [0.3, 0.4) is 0 Å². The molecule has 6 heteroatoms. The SMILES string of the molecule is CN1C(=O)C2(CCOc3ccc(Br)cc32)NC1=S. The van der Waals surface area contributed by atoms with Gasteiger partial charge in [-0.05, 0) is 30.4 Å². The van der Waals surface area contributed by atoms with Gasteiger partial charge in [0.25, 0.3) is 5.91 Å².